The van der Waals surface area contributed by atoms with E-state index >= 15 is 0 Å². The quantitative estimate of drug-likeness (QED) is 0.913. The summed E-state index contributed by atoms with van der Waals surface area (Å²) in [6, 6.07) is 4.40. The molecule has 0 spiro atoms. The predicted molar refractivity (Wildman–Crippen MR) is 62.4 cm³/mol. The van der Waals surface area contributed by atoms with Crippen molar-refractivity contribution >= 4 is 27.6 Å². The molecule has 2 rings (SSSR count). The molecule has 1 unspecified atom stereocenters. The van der Waals surface area contributed by atoms with Crippen LogP contribution in [0.2, 0.25) is 0 Å². The predicted octanol–water partition coefficient (Wildman–Crippen LogP) is 2.56. The van der Waals surface area contributed by atoms with Gasteiger partial charge in [0.2, 0.25) is 5.60 Å². The molecule has 1 aromatic carbocycles. The Morgan fingerprint density at radius 3 is 2.94 bits per heavy atom. The second-order valence-corrected chi connectivity index (χ2v) is 4.88. The lowest BCUT2D eigenvalue weighted by Crippen LogP contribution is -2.35. The summed E-state index contributed by atoms with van der Waals surface area (Å²) in [5.74, 6) is -1.57. The lowest BCUT2D eigenvalue weighted by atomic mass is 9.96. The van der Waals surface area contributed by atoms with Gasteiger partial charge in [0, 0.05) is 16.5 Å². The lowest BCUT2D eigenvalue weighted by Gasteiger charge is -2.14. The van der Waals surface area contributed by atoms with Crippen molar-refractivity contribution in [2.45, 2.75) is 18.9 Å². The maximum absolute atomic E-state index is 13.6. The highest BCUT2D eigenvalue weighted by atomic mass is 79.9. The molecule has 6 heteroatoms. The zero-order valence-corrected chi connectivity index (χ0v) is 10.5. The fourth-order valence-electron chi connectivity index (χ4n) is 1.52. The van der Waals surface area contributed by atoms with E-state index in [4.69, 9.17) is 9.94 Å². The molecule has 1 aliphatic heterocycles. The number of rotatable bonds is 2. The van der Waals surface area contributed by atoms with Crippen molar-refractivity contribution in [2.24, 2.45) is 5.16 Å². The van der Waals surface area contributed by atoms with Gasteiger partial charge in [-0.3, -0.25) is 0 Å². The molecular formula is C11H9BrFNO3. The topological polar surface area (TPSA) is 58.9 Å². The number of hydrogen-bond acceptors (Lipinski definition) is 3. The van der Waals surface area contributed by atoms with E-state index in [0.29, 0.717) is 10.2 Å². The van der Waals surface area contributed by atoms with Crippen LogP contribution in [0.25, 0.3) is 0 Å². The number of carboxylic acid groups (broad SMARTS) is 1. The van der Waals surface area contributed by atoms with E-state index < -0.39 is 17.4 Å². The molecule has 90 valence electrons. The fourth-order valence-corrected chi connectivity index (χ4v) is 1.88. The number of halogens is 2. The van der Waals surface area contributed by atoms with Crippen LogP contribution in [0.1, 0.15) is 18.9 Å². The van der Waals surface area contributed by atoms with Crippen molar-refractivity contribution in [3.8, 4) is 0 Å². The van der Waals surface area contributed by atoms with Gasteiger partial charge >= 0.3 is 5.97 Å². The third kappa shape index (κ3) is 2.17. The Bertz CT molecular complexity index is 517. The first kappa shape index (κ1) is 12.0. The largest absolute Gasteiger partial charge is 0.478 e. The van der Waals surface area contributed by atoms with Crippen LogP contribution in [-0.4, -0.2) is 22.4 Å². The first-order valence-electron chi connectivity index (χ1n) is 4.86. The molecule has 1 heterocycles. The van der Waals surface area contributed by atoms with Crippen molar-refractivity contribution < 1.29 is 19.1 Å². The van der Waals surface area contributed by atoms with E-state index in [1.54, 1.807) is 12.1 Å². The molecule has 0 saturated carbocycles. The third-order valence-electron chi connectivity index (χ3n) is 2.55. The molecule has 1 N–H and O–H groups in total. The number of oxime groups is 1. The van der Waals surface area contributed by atoms with Crippen LogP contribution in [0.15, 0.2) is 27.8 Å². The van der Waals surface area contributed by atoms with E-state index in [0.717, 1.165) is 0 Å². The SMILES string of the molecule is CC1(C(=O)O)CC(c2cc(Br)ccc2F)=NO1. The van der Waals surface area contributed by atoms with Gasteiger partial charge in [-0.1, -0.05) is 21.1 Å². The molecule has 4 nitrogen and oxygen atoms in total. The minimum Gasteiger partial charge on any atom is -0.478 e. The summed E-state index contributed by atoms with van der Waals surface area (Å²) in [5, 5.41) is 12.6. The highest BCUT2D eigenvalue weighted by molar-refractivity contribution is 9.10. The van der Waals surface area contributed by atoms with Gasteiger partial charge in [0.15, 0.2) is 0 Å². The van der Waals surface area contributed by atoms with Crippen LogP contribution in [0.5, 0.6) is 0 Å². The fraction of sp³-hybridized carbons (Fsp3) is 0.273. The van der Waals surface area contributed by atoms with Crippen molar-refractivity contribution in [3.05, 3.63) is 34.1 Å². The number of hydrogen-bond donors (Lipinski definition) is 1. The Morgan fingerprint density at radius 1 is 1.65 bits per heavy atom. The highest BCUT2D eigenvalue weighted by Gasteiger charge is 2.42. The second-order valence-electron chi connectivity index (χ2n) is 3.97. The first-order chi connectivity index (χ1) is 7.92. The van der Waals surface area contributed by atoms with Crippen molar-refractivity contribution in [2.75, 3.05) is 0 Å². The summed E-state index contributed by atoms with van der Waals surface area (Å²) < 4.78 is 14.3. The summed E-state index contributed by atoms with van der Waals surface area (Å²) in [4.78, 5) is 15.8. The molecule has 0 radical (unpaired) electrons. The zero-order valence-electron chi connectivity index (χ0n) is 8.91. The molecule has 0 amide bonds. The standard InChI is InChI=1S/C11H9BrFNO3/c1-11(10(15)16)5-9(14-17-11)7-4-6(12)2-3-8(7)13/h2-4H,5H2,1H3,(H,15,16). The van der Waals surface area contributed by atoms with E-state index in [1.807, 2.05) is 0 Å². The summed E-state index contributed by atoms with van der Waals surface area (Å²) in [6.45, 7) is 1.40. The Hall–Kier alpha value is -1.43. The van der Waals surface area contributed by atoms with Crippen LogP contribution in [0.4, 0.5) is 4.39 Å². The van der Waals surface area contributed by atoms with Gasteiger partial charge in [-0.2, -0.15) is 0 Å². The molecule has 1 atom stereocenters. The van der Waals surface area contributed by atoms with E-state index in [9.17, 15) is 9.18 Å². The smallest absolute Gasteiger partial charge is 0.351 e. The van der Waals surface area contributed by atoms with E-state index in [1.165, 1.54) is 13.0 Å². The van der Waals surface area contributed by atoms with Crippen molar-refractivity contribution in [1.29, 1.82) is 0 Å². The minimum absolute atomic E-state index is 0.0374. The van der Waals surface area contributed by atoms with Crippen LogP contribution >= 0.6 is 15.9 Å². The second kappa shape index (κ2) is 4.10. The average Bonchev–Trinajstić information content (AvgIpc) is 2.66. The Balaban J connectivity index is 2.32. The number of nitrogens with zero attached hydrogens (tertiary/aromatic N) is 1. The summed E-state index contributed by atoms with van der Waals surface area (Å²) in [6.07, 6.45) is 0.0374. The van der Waals surface area contributed by atoms with Gasteiger partial charge in [0.1, 0.15) is 5.82 Å². The summed E-state index contributed by atoms with van der Waals surface area (Å²) in [7, 11) is 0. The van der Waals surface area contributed by atoms with Crippen LogP contribution < -0.4 is 0 Å². The van der Waals surface area contributed by atoms with Gasteiger partial charge in [-0.15, -0.1) is 0 Å². The molecule has 0 bridgehead atoms. The lowest BCUT2D eigenvalue weighted by molar-refractivity contribution is -0.160. The number of carboxylic acids is 1. The van der Waals surface area contributed by atoms with Crippen LogP contribution in [-0.2, 0) is 9.63 Å². The molecule has 0 aromatic heterocycles. The van der Waals surface area contributed by atoms with Crippen molar-refractivity contribution in [1.82, 2.24) is 0 Å². The van der Waals surface area contributed by atoms with Gasteiger partial charge < -0.3 is 9.94 Å². The zero-order chi connectivity index (χ0) is 12.6. The van der Waals surface area contributed by atoms with Gasteiger partial charge in [0.25, 0.3) is 0 Å². The minimum atomic E-state index is -1.41. The molecule has 0 fully saturated rings. The maximum Gasteiger partial charge on any atom is 0.351 e. The van der Waals surface area contributed by atoms with E-state index in [2.05, 4.69) is 21.1 Å². The van der Waals surface area contributed by atoms with Gasteiger partial charge in [0.05, 0.1) is 5.71 Å². The number of benzene rings is 1. The molecule has 0 saturated heterocycles. The monoisotopic (exact) mass is 301 g/mol. The normalized spacial score (nSPS) is 23.1. The molecule has 1 aromatic rings. The molecule has 1 aliphatic rings. The number of carbonyl (C=O) groups is 1. The van der Waals surface area contributed by atoms with Gasteiger partial charge in [-0.05, 0) is 25.1 Å². The number of aliphatic carboxylic acids is 1. The van der Waals surface area contributed by atoms with E-state index in [-0.39, 0.29) is 12.0 Å². The first-order valence-corrected chi connectivity index (χ1v) is 5.65. The Kier molecular flexibility index (Phi) is 2.91. The van der Waals surface area contributed by atoms with Crippen molar-refractivity contribution in [3.63, 3.8) is 0 Å². The molecule has 0 aliphatic carbocycles. The van der Waals surface area contributed by atoms with Crippen LogP contribution in [0.3, 0.4) is 0 Å². The Labute approximate surface area is 105 Å². The van der Waals surface area contributed by atoms with Crippen LogP contribution in [0, 0.1) is 5.82 Å². The molecule has 17 heavy (non-hydrogen) atoms. The summed E-state index contributed by atoms with van der Waals surface area (Å²) >= 11 is 3.22. The third-order valence-corrected chi connectivity index (χ3v) is 3.05. The summed E-state index contributed by atoms with van der Waals surface area (Å²) in [5.41, 5.74) is -0.859. The molecular weight excluding hydrogens is 293 g/mol. The van der Waals surface area contributed by atoms with Gasteiger partial charge in [-0.25, -0.2) is 9.18 Å². The maximum atomic E-state index is 13.6. The average molecular weight is 302 g/mol. The highest BCUT2D eigenvalue weighted by Crippen LogP contribution is 2.28. The Morgan fingerprint density at radius 2 is 2.35 bits per heavy atom.